The smallest absolute Gasteiger partial charge is 0.162 e. The molecule has 2 aromatic carbocycles. The van der Waals surface area contributed by atoms with E-state index in [9.17, 15) is 0 Å². The summed E-state index contributed by atoms with van der Waals surface area (Å²) < 4.78 is 16.6. The van der Waals surface area contributed by atoms with Gasteiger partial charge in [-0.2, -0.15) is 0 Å². The Bertz CT molecular complexity index is 805. The van der Waals surface area contributed by atoms with Crippen LogP contribution in [-0.4, -0.2) is 27.4 Å². The molecular weight excluding hydrogens is 386 g/mol. The summed E-state index contributed by atoms with van der Waals surface area (Å²) in [6.07, 6.45) is 2.09. The number of hydrogen-bond acceptors (Lipinski definition) is 4. The Hall–Kier alpha value is -1.91. The van der Waals surface area contributed by atoms with Crippen molar-refractivity contribution in [3.05, 3.63) is 52.0 Å². The molecule has 1 N–H and O–H groups in total. The van der Waals surface area contributed by atoms with Crippen LogP contribution in [0.2, 0.25) is 5.02 Å². The van der Waals surface area contributed by atoms with Crippen LogP contribution < -0.4 is 19.5 Å². The molecule has 5 heteroatoms. The van der Waals surface area contributed by atoms with Gasteiger partial charge >= 0.3 is 0 Å². The molecule has 0 heterocycles. The third-order valence-electron chi connectivity index (χ3n) is 5.07. The fourth-order valence-electron chi connectivity index (χ4n) is 3.25. The quantitative estimate of drug-likeness (QED) is 0.457. The van der Waals surface area contributed by atoms with Crippen molar-refractivity contribution in [2.24, 2.45) is 5.41 Å². The molecule has 0 aliphatic rings. The van der Waals surface area contributed by atoms with Gasteiger partial charge in [0.15, 0.2) is 11.5 Å². The van der Waals surface area contributed by atoms with Crippen LogP contribution in [0.25, 0.3) is 0 Å². The number of ether oxygens (including phenoxy) is 3. The van der Waals surface area contributed by atoms with Crippen molar-refractivity contribution in [3.63, 3.8) is 0 Å². The maximum Gasteiger partial charge on any atom is 0.162 e. The number of halogens is 1. The number of methoxy groups -OCH3 is 2. The van der Waals surface area contributed by atoms with Gasteiger partial charge in [-0.3, -0.25) is 0 Å². The van der Waals surface area contributed by atoms with Crippen molar-refractivity contribution in [1.82, 2.24) is 5.32 Å². The molecule has 0 spiro atoms. The molecule has 0 aliphatic heterocycles. The summed E-state index contributed by atoms with van der Waals surface area (Å²) in [4.78, 5) is 0. The topological polar surface area (TPSA) is 39.7 Å². The standard InChI is InChI=1S/C24H34ClNO3/c1-17-8-9-18(2)21(12-17)29-11-7-10-24(3,4)16-26-15-19-13-22(27-5)23(28-6)14-20(19)25/h8-9,12-14,26H,7,10-11,15-16H2,1-6H3. The van der Waals surface area contributed by atoms with E-state index in [0.717, 1.165) is 37.3 Å². The summed E-state index contributed by atoms with van der Waals surface area (Å²) in [7, 11) is 3.24. The Morgan fingerprint density at radius 1 is 0.966 bits per heavy atom. The fraction of sp³-hybridized carbons (Fsp3) is 0.500. The zero-order chi connectivity index (χ0) is 21.4. The van der Waals surface area contributed by atoms with Crippen molar-refractivity contribution in [3.8, 4) is 17.2 Å². The van der Waals surface area contributed by atoms with Gasteiger partial charge in [0, 0.05) is 24.2 Å². The van der Waals surface area contributed by atoms with Gasteiger partial charge in [-0.15, -0.1) is 0 Å². The number of aryl methyl sites for hydroxylation is 2. The van der Waals surface area contributed by atoms with Gasteiger partial charge in [0.25, 0.3) is 0 Å². The van der Waals surface area contributed by atoms with E-state index in [2.05, 4.69) is 51.2 Å². The molecule has 2 aromatic rings. The maximum absolute atomic E-state index is 6.38. The third-order valence-corrected chi connectivity index (χ3v) is 5.42. The lowest BCUT2D eigenvalue weighted by Gasteiger charge is -2.25. The first-order valence-corrected chi connectivity index (χ1v) is 10.4. The number of rotatable bonds is 11. The van der Waals surface area contributed by atoms with Gasteiger partial charge in [-0.05, 0) is 60.9 Å². The minimum absolute atomic E-state index is 0.161. The van der Waals surface area contributed by atoms with Gasteiger partial charge in [0.1, 0.15) is 5.75 Å². The molecule has 0 amide bonds. The maximum atomic E-state index is 6.38. The third kappa shape index (κ3) is 7.13. The first kappa shape index (κ1) is 23.4. The van der Waals surface area contributed by atoms with Crippen LogP contribution in [0.4, 0.5) is 0 Å². The molecular formula is C24H34ClNO3. The highest BCUT2D eigenvalue weighted by Gasteiger charge is 2.18. The normalized spacial score (nSPS) is 11.4. The second-order valence-corrected chi connectivity index (χ2v) is 8.69. The zero-order valence-corrected chi connectivity index (χ0v) is 19.3. The highest BCUT2D eigenvalue weighted by molar-refractivity contribution is 6.31. The molecule has 2 rings (SSSR count). The van der Waals surface area contributed by atoms with Gasteiger partial charge in [0.05, 0.1) is 20.8 Å². The lowest BCUT2D eigenvalue weighted by molar-refractivity contribution is 0.249. The Morgan fingerprint density at radius 3 is 2.34 bits per heavy atom. The van der Waals surface area contributed by atoms with Crippen molar-refractivity contribution in [2.75, 3.05) is 27.4 Å². The highest BCUT2D eigenvalue weighted by Crippen LogP contribution is 2.33. The van der Waals surface area contributed by atoms with Crippen molar-refractivity contribution < 1.29 is 14.2 Å². The summed E-state index contributed by atoms with van der Waals surface area (Å²) in [6.45, 7) is 11.0. The van der Waals surface area contributed by atoms with E-state index in [1.807, 2.05) is 6.07 Å². The van der Waals surface area contributed by atoms with Crippen LogP contribution in [0.5, 0.6) is 17.2 Å². The Kier molecular flexibility index (Phi) is 8.66. The zero-order valence-electron chi connectivity index (χ0n) is 18.5. The van der Waals surface area contributed by atoms with E-state index in [0.29, 0.717) is 23.1 Å². The Morgan fingerprint density at radius 2 is 1.66 bits per heavy atom. The Labute approximate surface area is 180 Å². The van der Waals surface area contributed by atoms with E-state index in [4.69, 9.17) is 25.8 Å². The number of hydrogen-bond donors (Lipinski definition) is 1. The van der Waals surface area contributed by atoms with Crippen LogP contribution in [0.15, 0.2) is 30.3 Å². The summed E-state index contributed by atoms with van der Waals surface area (Å²) in [5, 5.41) is 4.20. The molecule has 0 radical (unpaired) electrons. The number of benzene rings is 2. The second kappa shape index (κ2) is 10.7. The van der Waals surface area contributed by atoms with Gasteiger partial charge < -0.3 is 19.5 Å². The Balaban J connectivity index is 1.79. The average molecular weight is 420 g/mol. The van der Waals surface area contributed by atoms with E-state index < -0.39 is 0 Å². The fourth-order valence-corrected chi connectivity index (χ4v) is 3.47. The highest BCUT2D eigenvalue weighted by atomic mass is 35.5. The summed E-state index contributed by atoms with van der Waals surface area (Å²) in [5.41, 5.74) is 3.57. The molecule has 4 nitrogen and oxygen atoms in total. The number of nitrogens with one attached hydrogen (secondary N) is 1. The molecule has 29 heavy (non-hydrogen) atoms. The van der Waals surface area contributed by atoms with E-state index >= 15 is 0 Å². The lowest BCUT2D eigenvalue weighted by atomic mass is 9.88. The SMILES string of the molecule is COc1cc(Cl)c(CNCC(C)(C)CCCOc2cc(C)ccc2C)cc1OC. The molecule has 0 unspecified atom stereocenters. The molecule has 0 aliphatic carbocycles. The van der Waals surface area contributed by atoms with Crippen molar-refractivity contribution >= 4 is 11.6 Å². The van der Waals surface area contributed by atoms with Gasteiger partial charge in [-0.1, -0.05) is 37.6 Å². The van der Waals surface area contributed by atoms with Crippen LogP contribution in [0, 0.1) is 19.3 Å². The molecule has 0 saturated carbocycles. The van der Waals surface area contributed by atoms with Crippen molar-refractivity contribution in [1.29, 1.82) is 0 Å². The van der Waals surface area contributed by atoms with Crippen molar-refractivity contribution in [2.45, 2.75) is 47.1 Å². The van der Waals surface area contributed by atoms with E-state index in [-0.39, 0.29) is 5.41 Å². The molecule has 0 aromatic heterocycles. The van der Waals surface area contributed by atoms with Crippen LogP contribution in [0.3, 0.4) is 0 Å². The predicted molar refractivity (Wildman–Crippen MR) is 121 cm³/mol. The molecule has 0 fully saturated rings. The van der Waals surface area contributed by atoms with Gasteiger partial charge in [0.2, 0.25) is 0 Å². The molecule has 160 valence electrons. The lowest BCUT2D eigenvalue weighted by Crippen LogP contribution is -2.29. The van der Waals surface area contributed by atoms with E-state index in [1.165, 1.54) is 11.1 Å². The van der Waals surface area contributed by atoms with Gasteiger partial charge in [-0.25, -0.2) is 0 Å². The minimum Gasteiger partial charge on any atom is -0.493 e. The van der Waals surface area contributed by atoms with Crippen LogP contribution in [-0.2, 0) is 6.54 Å². The van der Waals surface area contributed by atoms with E-state index in [1.54, 1.807) is 20.3 Å². The van der Waals surface area contributed by atoms with Crippen LogP contribution >= 0.6 is 11.6 Å². The monoisotopic (exact) mass is 419 g/mol. The second-order valence-electron chi connectivity index (χ2n) is 8.29. The largest absolute Gasteiger partial charge is 0.493 e. The predicted octanol–water partition coefficient (Wildman–Crippen LogP) is 5.95. The summed E-state index contributed by atoms with van der Waals surface area (Å²) in [5.74, 6) is 2.33. The average Bonchev–Trinajstić information content (AvgIpc) is 2.68. The summed E-state index contributed by atoms with van der Waals surface area (Å²) >= 11 is 6.38. The first-order chi connectivity index (χ1) is 13.8. The summed E-state index contributed by atoms with van der Waals surface area (Å²) in [6, 6.07) is 10.1. The molecule has 0 atom stereocenters. The molecule has 0 saturated heterocycles. The molecule has 0 bridgehead atoms. The minimum atomic E-state index is 0.161. The van der Waals surface area contributed by atoms with Crippen LogP contribution in [0.1, 0.15) is 43.4 Å². The first-order valence-electron chi connectivity index (χ1n) is 10.1.